The monoisotopic (exact) mass is 409 g/mol. The molecule has 7 nitrogen and oxygen atoms in total. The SMILES string of the molecule is COc1cc2ncn(CCCC(=O)Nc3cccc(C(C)C)c3)c(=O)c2cc1OC. The number of nitrogens with zero attached hydrogens (tertiary/aromatic N) is 2. The van der Waals surface area contributed by atoms with E-state index in [-0.39, 0.29) is 11.5 Å². The Morgan fingerprint density at radius 3 is 2.57 bits per heavy atom. The predicted molar refractivity (Wildman–Crippen MR) is 118 cm³/mol. The fourth-order valence-electron chi connectivity index (χ4n) is 3.25. The highest BCUT2D eigenvalue weighted by molar-refractivity contribution is 5.90. The zero-order valence-electron chi connectivity index (χ0n) is 17.8. The largest absolute Gasteiger partial charge is 0.493 e. The fourth-order valence-corrected chi connectivity index (χ4v) is 3.25. The number of carbonyl (C=O) groups is 1. The highest BCUT2D eigenvalue weighted by Crippen LogP contribution is 2.29. The molecule has 0 saturated heterocycles. The third-order valence-electron chi connectivity index (χ3n) is 4.97. The van der Waals surface area contributed by atoms with Crippen LogP contribution in [0.4, 0.5) is 5.69 Å². The van der Waals surface area contributed by atoms with E-state index in [1.165, 1.54) is 30.7 Å². The van der Waals surface area contributed by atoms with Crippen LogP contribution in [0.3, 0.4) is 0 Å². The minimum Gasteiger partial charge on any atom is -0.493 e. The molecule has 3 aromatic rings. The summed E-state index contributed by atoms with van der Waals surface area (Å²) in [5, 5.41) is 3.37. The van der Waals surface area contributed by atoms with Crippen LogP contribution in [0.1, 0.15) is 38.2 Å². The molecule has 0 radical (unpaired) electrons. The van der Waals surface area contributed by atoms with Crippen molar-refractivity contribution in [2.45, 2.75) is 39.2 Å². The van der Waals surface area contributed by atoms with Crippen molar-refractivity contribution < 1.29 is 14.3 Å². The van der Waals surface area contributed by atoms with Crippen molar-refractivity contribution in [3.8, 4) is 11.5 Å². The number of benzene rings is 2. The Labute approximate surface area is 175 Å². The predicted octanol–water partition coefficient (Wildman–Crippen LogP) is 3.96. The molecule has 7 heteroatoms. The van der Waals surface area contributed by atoms with Crippen molar-refractivity contribution in [1.82, 2.24) is 9.55 Å². The Hall–Kier alpha value is -3.35. The maximum atomic E-state index is 12.8. The van der Waals surface area contributed by atoms with Crippen LogP contribution in [0.2, 0.25) is 0 Å². The van der Waals surface area contributed by atoms with Gasteiger partial charge in [-0.3, -0.25) is 14.2 Å². The van der Waals surface area contributed by atoms with Gasteiger partial charge < -0.3 is 14.8 Å². The molecule has 1 N–H and O–H groups in total. The fraction of sp³-hybridized carbons (Fsp3) is 0.348. The van der Waals surface area contributed by atoms with Crippen molar-refractivity contribution in [2.24, 2.45) is 0 Å². The molecule has 0 saturated carbocycles. The average Bonchev–Trinajstić information content (AvgIpc) is 2.74. The van der Waals surface area contributed by atoms with Gasteiger partial charge in [-0.2, -0.15) is 0 Å². The lowest BCUT2D eigenvalue weighted by Crippen LogP contribution is -2.22. The first-order chi connectivity index (χ1) is 14.4. The smallest absolute Gasteiger partial charge is 0.261 e. The molecule has 158 valence electrons. The maximum absolute atomic E-state index is 12.8. The Kier molecular flexibility index (Phi) is 6.72. The second-order valence-electron chi connectivity index (χ2n) is 7.40. The van der Waals surface area contributed by atoms with Crippen molar-refractivity contribution in [3.63, 3.8) is 0 Å². The summed E-state index contributed by atoms with van der Waals surface area (Å²) in [6, 6.07) is 11.2. The molecule has 0 fully saturated rings. The molecule has 0 unspecified atom stereocenters. The summed E-state index contributed by atoms with van der Waals surface area (Å²) < 4.78 is 12.0. The molecule has 1 amide bonds. The summed E-state index contributed by atoms with van der Waals surface area (Å²) in [6.07, 6.45) is 2.33. The summed E-state index contributed by atoms with van der Waals surface area (Å²) in [4.78, 5) is 29.4. The third kappa shape index (κ3) is 4.79. The zero-order chi connectivity index (χ0) is 21.7. The van der Waals surface area contributed by atoms with Gasteiger partial charge in [0.15, 0.2) is 11.5 Å². The number of anilines is 1. The van der Waals surface area contributed by atoms with E-state index in [0.29, 0.717) is 47.7 Å². The number of ether oxygens (including phenoxy) is 2. The second kappa shape index (κ2) is 9.43. The van der Waals surface area contributed by atoms with E-state index < -0.39 is 0 Å². The van der Waals surface area contributed by atoms with Gasteiger partial charge in [0.1, 0.15) is 0 Å². The number of rotatable bonds is 8. The molecule has 0 aliphatic heterocycles. The maximum Gasteiger partial charge on any atom is 0.261 e. The van der Waals surface area contributed by atoms with E-state index in [4.69, 9.17) is 9.47 Å². The van der Waals surface area contributed by atoms with Crippen LogP contribution in [0.5, 0.6) is 11.5 Å². The van der Waals surface area contributed by atoms with Crippen molar-refractivity contribution in [3.05, 3.63) is 58.6 Å². The average molecular weight is 409 g/mol. The van der Waals surface area contributed by atoms with Crippen LogP contribution >= 0.6 is 0 Å². The first kappa shape index (κ1) is 21.4. The van der Waals surface area contributed by atoms with Crippen LogP contribution in [-0.4, -0.2) is 29.7 Å². The van der Waals surface area contributed by atoms with Gasteiger partial charge in [-0.25, -0.2) is 4.98 Å². The van der Waals surface area contributed by atoms with Gasteiger partial charge in [0, 0.05) is 24.7 Å². The number of aryl methyl sites for hydroxylation is 1. The molecule has 0 aliphatic rings. The summed E-state index contributed by atoms with van der Waals surface area (Å²) in [7, 11) is 3.06. The highest BCUT2D eigenvalue weighted by Gasteiger charge is 2.11. The number of fused-ring (bicyclic) bond motifs is 1. The van der Waals surface area contributed by atoms with E-state index in [1.807, 2.05) is 24.3 Å². The van der Waals surface area contributed by atoms with Crippen LogP contribution in [0, 0.1) is 0 Å². The van der Waals surface area contributed by atoms with E-state index in [1.54, 1.807) is 12.1 Å². The molecular formula is C23H27N3O4. The number of methoxy groups -OCH3 is 2. The summed E-state index contributed by atoms with van der Waals surface area (Å²) >= 11 is 0. The summed E-state index contributed by atoms with van der Waals surface area (Å²) in [5.74, 6) is 1.31. The summed E-state index contributed by atoms with van der Waals surface area (Å²) in [5.41, 5.74) is 2.33. The molecule has 0 atom stereocenters. The van der Waals surface area contributed by atoms with Crippen LogP contribution in [0.25, 0.3) is 10.9 Å². The number of hydrogen-bond donors (Lipinski definition) is 1. The van der Waals surface area contributed by atoms with Gasteiger partial charge in [-0.1, -0.05) is 26.0 Å². The molecule has 3 rings (SSSR count). The van der Waals surface area contributed by atoms with Gasteiger partial charge in [0.2, 0.25) is 5.91 Å². The quantitative estimate of drug-likeness (QED) is 0.609. The summed E-state index contributed by atoms with van der Waals surface area (Å²) in [6.45, 7) is 4.62. The van der Waals surface area contributed by atoms with E-state index in [2.05, 4.69) is 24.1 Å². The first-order valence-corrected chi connectivity index (χ1v) is 9.94. The van der Waals surface area contributed by atoms with Crippen LogP contribution in [0.15, 0.2) is 47.5 Å². The lowest BCUT2D eigenvalue weighted by Gasteiger charge is -2.11. The van der Waals surface area contributed by atoms with Gasteiger partial charge in [-0.15, -0.1) is 0 Å². The van der Waals surface area contributed by atoms with E-state index in [0.717, 1.165) is 5.69 Å². The minimum absolute atomic E-state index is 0.0795. The van der Waals surface area contributed by atoms with Gasteiger partial charge in [0.25, 0.3) is 5.56 Å². The topological polar surface area (TPSA) is 82.5 Å². The Morgan fingerprint density at radius 2 is 1.87 bits per heavy atom. The van der Waals surface area contributed by atoms with Crippen LogP contribution in [-0.2, 0) is 11.3 Å². The molecular weight excluding hydrogens is 382 g/mol. The Balaban J connectivity index is 1.65. The van der Waals surface area contributed by atoms with Crippen molar-refractivity contribution in [1.29, 1.82) is 0 Å². The molecule has 0 bridgehead atoms. The number of aromatic nitrogens is 2. The molecule has 2 aromatic carbocycles. The first-order valence-electron chi connectivity index (χ1n) is 9.94. The Morgan fingerprint density at radius 1 is 1.13 bits per heavy atom. The molecule has 0 aliphatic carbocycles. The molecule has 1 aromatic heterocycles. The number of carbonyl (C=O) groups excluding carboxylic acids is 1. The third-order valence-corrected chi connectivity index (χ3v) is 4.97. The number of amides is 1. The minimum atomic E-state index is -0.175. The lowest BCUT2D eigenvalue weighted by molar-refractivity contribution is -0.116. The van der Waals surface area contributed by atoms with E-state index >= 15 is 0 Å². The standard InChI is InChI=1S/C23H27N3O4/c1-15(2)16-7-5-8-17(11-16)25-22(27)9-6-10-26-14-24-19-13-21(30-4)20(29-3)12-18(19)23(26)28/h5,7-8,11-15H,6,9-10H2,1-4H3,(H,25,27). The molecule has 1 heterocycles. The lowest BCUT2D eigenvalue weighted by atomic mass is 10.0. The van der Waals surface area contributed by atoms with Gasteiger partial charge in [0.05, 0.1) is 31.4 Å². The van der Waals surface area contributed by atoms with Crippen molar-refractivity contribution in [2.75, 3.05) is 19.5 Å². The molecule has 0 spiro atoms. The van der Waals surface area contributed by atoms with Gasteiger partial charge >= 0.3 is 0 Å². The van der Waals surface area contributed by atoms with Crippen molar-refractivity contribution >= 4 is 22.5 Å². The highest BCUT2D eigenvalue weighted by atomic mass is 16.5. The van der Waals surface area contributed by atoms with E-state index in [9.17, 15) is 9.59 Å². The second-order valence-corrected chi connectivity index (χ2v) is 7.40. The number of nitrogens with one attached hydrogen (secondary N) is 1. The zero-order valence-corrected chi connectivity index (χ0v) is 17.8. The molecule has 30 heavy (non-hydrogen) atoms. The Bertz CT molecular complexity index is 1110. The number of hydrogen-bond acceptors (Lipinski definition) is 5. The normalized spacial score (nSPS) is 11.0. The van der Waals surface area contributed by atoms with Gasteiger partial charge in [-0.05, 0) is 36.1 Å². The van der Waals surface area contributed by atoms with Crippen LogP contribution < -0.4 is 20.3 Å².